The Kier molecular flexibility index (Phi) is 4.80. The van der Waals surface area contributed by atoms with E-state index in [0.29, 0.717) is 0 Å². The fourth-order valence-corrected chi connectivity index (χ4v) is 2.84. The standard InChI is InChI=1S/C13H24N2O2/c1-2-12-11(5-8-17-12)13(16)15-7-4-10-3-6-14-9-10/h10-12,14H,2-9H2,1H3,(H,15,16). The van der Waals surface area contributed by atoms with Gasteiger partial charge in [0.2, 0.25) is 5.91 Å². The minimum absolute atomic E-state index is 0.0849. The molecule has 1 amide bonds. The second kappa shape index (κ2) is 6.36. The van der Waals surface area contributed by atoms with Gasteiger partial charge in [-0.05, 0) is 44.7 Å². The summed E-state index contributed by atoms with van der Waals surface area (Å²) < 4.78 is 5.54. The van der Waals surface area contributed by atoms with Crippen LogP contribution >= 0.6 is 0 Å². The summed E-state index contributed by atoms with van der Waals surface area (Å²) in [5.74, 6) is 1.03. The number of ether oxygens (including phenoxy) is 1. The number of rotatable bonds is 5. The van der Waals surface area contributed by atoms with Crippen LogP contribution < -0.4 is 10.6 Å². The second-order valence-corrected chi connectivity index (χ2v) is 5.15. The van der Waals surface area contributed by atoms with Crippen LogP contribution in [0.1, 0.15) is 32.6 Å². The van der Waals surface area contributed by atoms with Gasteiger partial charge >= 0.3 is 0 Å². The lowest BCUT2D eigenvalue weighted by Crippen LogP contribution is -2.36. The number of carbonyl (C=O) groups excluding carboxylic acids is 1. The predicted octanol–water partition coefficient (Wildman–Crippen LogP) is 0.917. The first-order valence-electron chi connectivity index (χ1n) is 6.91. The van der Waals surface area contributed by atoms with E-state index in [1.165, 1.54) is 6.42 Å². The Labute approximate surface area is 103 Å². The molecule has 2 fully saturated rings. The highest BCUT2D eigenvalue weighted by Gasteiger charge is 2.32. The zero-order valence-electron chi connectivity index (χ0n) is 10.7. The van der Waals surface area contributed by atoms with Gasteiger partial charge in [-0.3, -0.25) is 4.79 Å². The molecule has 2 aliphatic rings. The fourth-order valence-electron chi connectivity index (χ4n) is 2.84. The molecule has 3 atom stereocenters. The highest BCUT2D eigenvalue weighted by molar-refractivity contribution is 5.79. The highest BCUT2D eigenvalue weighted by atomic mass is 16.5. The van der Waals surface area contributed by atoms with E-state index < -0.39 is 0 Å². The van der Waals surface area contributed by atoms with Crippen LogP contribution in [-0.4, -0.2) is 38.3 Å². The van der Waals surface area contributed by atoms with Crippen molar-refractivity contribution in [2.45, 2.75) is 38.7 Å². The molecule has 4 heteroatoms. The average Bonchev–Trinajstić information content (AvgIpc) is 2.99. The molecule has 0 aromatic heterocycles. The van der Waals surface area contributed by atoms with Gasteiger partial charge in [0.25, 0.3) is 0 Å². The summed E-state index contributed by atoms with van der Waals surface area (Å²) in [7, 11) is 0. The summed E-state index contributed by atoms with van der Waals surface area (Å²) in [6.45, 7) is 5.88. The molecular weight excluding hydrogens is 216 g/mol. The first-order chi connectivity index (χ1) is 8.31. The number of amides is 1. The number of hydrogen-bond acceptors (Lipinski definition) is 3. The maximum Gasteiger partial charge on any atom is 0.225 e. The molecule has 0 aliphatic carbocycles. The van der Waals surface area contributed by atoms with E-state index in [1.54, 1.807) is 0 Å². The molecule has 98 valence electrons. The van der Waals surface area contributed by atoms with Crippen LogP contribution in [0.4, 0.5) is 0 Å². The summed E-state index contributed by atoms with van der Waals surface area (Å²) in [4.78, 5) is 12.0. The van der Waals surface area contributed by atoms with Gasteiger partial charge in [0.1, 0.15) is 0 Å². The van der Waals surface area contributed by atoms with Crippen molar-refractivity contribution in [2.24, 2.45) is 11.8 Å². The Morgan fingerprint density at radius 2 is 2.35 bits per heavy atom. The van der Waals surface area contributed by atoms with Crippen LogP contribution in [0.15, 0.2) is 0 Å². The predicted molar refractivity (Wildman–Crippen MR) is 66.7 cm³/mol. The summed E-state index contributed by atoms with van der Waals surface area (Å²) in [6.07, 6.45) is 4.31. The molecule has 0 saturated carbocycles. The van der Waals surface area contributed by atoms with Gasteiger partial charge in [-0.25, -0.2) is 0 Å². The third-order valence-corrected chi connectivity index (χ3v) is 3.96. The molecule has 0 bridgehead atoms. The van der Waals surface area contributed by atoms with Crippen molar-refractivity contribution in [3.63, 3.8) is 0 Å². The van der Waals surface area contributed by atoms with Crippen molar-refractivity contribution >= 4 is 5.91 Å². The smallest absolute Gasteiger partial charge is 0.225 e. The Balaban J connectivity index is 1.66. The van der Waals surface area contributed by atoms with Crippen LogP contribution in [0.3, 0.4) is 0 Å². The van der Waals surface area contributed by atoms with Gasteiger partial charge in [-0.2, -0.15) is 0 Å². The Bertz CT molecular complexity index is 252. The van der Waals surface area contributed by atoms with Crippen molar-refractivity contribution in [3.05, 3.63) is 0 Å². The summed E-state index contributed by atoms with van der Waals surface area (Å²) in [5.41, 5.74) is 0. The average molecular weight is 240 g/mol. The molecule has 2 heterocycles. The van der Waals surface area contributed by atoms with Crippen molar-refractivity contribution in [3.8, 4) is 0 Å². The van der Waals surface area contributed by atoms with Gasteiger partial charge in [0.15, 0.2) is 0 Å². The number of hydrogen-bond donors (Lipinski definition) is 2. The molecule has 0 spiro atoms. The lowest BCUT2D eigenvalue weighted by atomic mass is 9.98. The molecule has 4 nitrogen and oxygen atoms in total. The third kappa shape index (κ3) is 3.42. The van der Waals surface area contributed by atoms with Crippen LogP contribution in [0.2, 0.25) is 0 Å². The van der Waals surface area contributed by atoms with Crippen molar-refractivity contribution in [1.82, 2.24) is 10.6 Å². The molecule has 0 radical (unpaired) electrons. The Hall–Kier alpha value is -0.610. The Morgan fingerprint density at radius 3 is 3.06 bits per heavy atom. The first-order valence-corrected chi connectivity index (χ1v) is 6.91. The minimum Gasteiger partial charge on any atom is -0.377 e. The van der Waals surface area contributed by atoms with Crippen LogP contribution in [0, 0.1) is 11.8 Å². The fraction of sp³-hybridized carbons (Fsp3) is 0.923. The molecule has 0 aromatic carbocycles. The lowest BCUT2D eigenvalue weighted by Gasteiger charge is -2.17. The summed E-state index contributed by atoms with van der Waals surface area (Å²) in [6, 6.07) is 0. The maximum absolute atomic E-state index is 12.0. The quantitative estimate of drug-likeness (QED) is 0.751. The van der Waals surface area contributed by atoms with E-state index in [4.69, 9.17) is 4.74 Å². The molecule has 17 heavy (non-hydrogen) atoms. The van der Waals surface area contributed by atoms with Crippen LogP contribution in [0.5, 0.6) is 0 Å². The van der Waals surface area contributed by atoms with Gasteiger partial charge in [0, 0.05) is 13.2 Å². The van der Waals surface area contributed by atoms with E-state index in [-0.39, 0.29) is 17.9 Å². The van der Waals surface area contributed by atoms with E-state index in [2.05, 4.69) is 17.6 Å². The molecule has 2 aliphatic heterocycles. The van der Waals surface area contributed by atoms with Gasteiger partial charge in [-0.1, -0.05) is 6.92 Å². The van der Waals surface area contributed by atoms with Gasteiger partial charge in [0.05, 0.1) is 12.0 Å². The number of carbonyl (C=O) groups is 1. The largest absolute Gasteiger partial charge is 0.377 e. The highest BCUT2D eigenvalue weighted by Crippen LogP contribution is 2.23. The van der Waals surface area contributed by atoms with Crippen molar-refractivity contribution in [1.29, 1.82) is 0 Å². The molecular formula is C13H24N2O2. The zero-order valence-corrected chi connectivity index (χ0v) is 10.7. The molecule has 2 saturated heterocycles. The normalized spacial score (nSPS) is 32.9. The van der Waals surface area contributed by atoms with Gasteiger partial charge in [-0.15, -0.1) is 0 Å². The third-order valence-electron chi connectivity index (χ3n) is 3.96. The van der Waals surface area contributed by atoms with Crippen LogP contribution in [0.25, 0.3) is 0 Å². The zero-order chi connectivity index (χ0) is 12.1. The molecule has 3 unspecified atom stereocenters. The van der Waals surface area contributed by atoms with E-state index in [9.17, 15) is 4.79 Å². The Morgan fingerprint density at radius 1 is 1.47 bits per heavy atom. The second-order valence-electron chi connectivity index (χ2n) is 5.15. The maximum atomic E-state index is 12.0. The topological polar surface area (TPSA) is 50.4 Å². The molecule has 0 aromatic rings. The van der Waals surface area contributed by atoms with E-state index in [1.807, 2.05) is 0 Å². The van der Waals surface area contributed by atoms with E-state index in [0.717, 1.165) is 51.4 Å². The van der Waals surface area contributed by atoms with Crippen molar-refractivity contribution in [2.75, 3.05) is 26.2 Å². The van der Waals surface area contributed by atoms with Crippen LogP contribution in [-0.2, 0) is 9.53 Å². The minimum atomic E-state index is 0.0849. The van der Waals surface area contributed by atoms with E-state index >= 15 is 0 Å². The molecule has 2 rings (SSSR count). The number of nitrogens with one attached hydrogen (secondary N) is 2. The van der Waals surface area contributed by atoms with Crippen molar-refractivity contribution < 1.29 is 9.53 Å². The van der Waals surface area contributed by atoms with Gasteiger partial charge < -0.3 is 15.4 Å². The lowest BCUT2D eigenvalue weighted by molar-refractivity contribution is -0.126. The summed E-state index contributed by atoms with van der Waals surface area (Å²) in [5, 5.41) is 6.42. The summed E-state index contributed by atoms with van der Waals surface area (Å²) >= 11 is 0. The SMILES string of the molecule is CCC1OCCC1C(=O)NCCC1CCNC1. The first kappa shape index (κ1) is 12.8. The molecule has 2 N–H and O–H groups in total. The monoisotopic (exact) mass is 240 g/mol.